The molecule has 1 saturated heterocycles. The third-order valence-corrected chi connectivity index (χ3v) is 5.18. The van der Waals surface area contributed by atoms with E-state index in [1.807, 2.05) is 40.9 Å². The molecule has 25 heavy (non-hydrogen) atoms. The van der Waals surface area contributed by atoms with Gasteiger partial charge in [0, 0.05) is 29.7 Å². The molecule has 128 valence electrons. The molecule has 0 atom stereocenters. The second-order valence-corrected chi connectivity index (χ2v) is 6.88. The van der Waals surface area contributed by atoms with E-state index in [1.54, 1.807) is 4.90 Å². The van der Waals surface area contributed by atoms with Gasteiger partial charge >= 0.3 is 0 Å². The first kappa shape index (κ1) is 15.9. The van der Waals surface area contributed by atoms with E-state index in [0.29, 0.717) is 0 Å². The van der Waals surface area contributed by atoms with E-state index in [4.69, 9.17) is 0 Å². The molecule has 1 aliphatic heterocycles. The fraction of sp³-hybridized carbons (Fsp3) is 0.286. The van der Waals surface area contributed by atoms with Crippen molar-refractivity contribution in [3.63, 3.8) is 0 Å². The highest BCUT2D eigenvalue weighted by Crippen LogP contribution is 2.21. The number of nitrogens with zero attached hydrogens (tertiary/aromatic N) is 2. The monoisotopic (exact) mass is 334 g/mol. The zero-order valence-corrected chi connectivity index (χ0v) is 14.6. The maximum atomic E-state index is 13.0. The van der Waals surface area contributed by atoms with Gasteiger partial charge < -0.3 is 14.4 Å². The van der Waals surface area contributed by atoms with Gasteiger partial charge in [-0.3, -0.25) is 4.79 Å². The number of rotatable bonds is 3. The summed E-state index contributed by atoms with van der Waals surface area (Å²) in [5.41, 5.74) is 3.30. The first-order chi connectivity index (χ1) is 12.2. The zero-order chi connectivity index (χ0) is 17.2. The lowest BCUT2D eigenvalue weighted by atomic mass is 10.1. The summed E-state index contributed by atoms with van der Waals surface area (Å²) >= 11 is 0. The number of hydrogen-bond acceptors (Lipinski definition) is 1. The van der Waals surface area contributed by atoms with Crippen LogP contribution in [0.15, 0.2) is 60.8 Å². The van der Waals surface area contributed by atoms with Crippen molar-refractivity contribution in [2.45, 2.75) is 6.54 Å². The van der Waals surface area contributed by atoms with E-state index in [-0.39, 0.29) is 5.91 Å². The van der Waals surface area contributed by atoms with Gasteiger partial charge in [-0.1, -0.05) is 48.5 Å². The van der Waals surface area contributed by atoms with Gasteiger partial charge in [0.2, 0.25) is 0 Å². The second-order valence-electron chi connectivity index (χ2n) is 6.88. The molecular formula is C21H24N3O+. The Morgan fingerprint density at radius 3 is 2.44 bits per heavy atom. The van der Waals surface area contributed by atoms with Crippen LogP contribution in [0, 0.1) is 0 Å². The van der Waals surface area contributed by atoms with Crippen LogP contribution in [0.4, 0.5) is 0 Å². The van der Waals surface area contributed by atoms with Crippen LogP contribution < -0.4 is 4.90 Å². The van der Waals surface area contributed by atoms with Crippen LogP contribution in [0.2, 0.25) is 0 Å². The maximum Gasteiger partial charge on any atom is 0.256 e. The average Bonchev–Trinajstić information content (AvgIpc) is 3.00. The SMILES string of the molecule is Cn1cc(C(=O)N2CC[NH+](Cc3ccccc3)CC2)c2ccccc21. The minimum atomic E-state index is 0.163. The number of piperazine rings is 1. The molecule has 0 unspecified atom stereocenters. The van der Waals surface area contributed by atoms with Crippen molar-refractivity contribution >= 4 is 16.8 Å². The van der Waals surface area contributed by atoms with E-state index in [2.05, 4.69) is 36.4 Å². The lowest BCUT2D eigenvalue weighted by Gasteiger charge is -2.32. The van der Waals surface area contributed by atoms with Gasteiger partial charge in [0.25, 0.3) is 5.91 Å². The number of hydrogen-bond donors (Lipinski definition) is 1. The number of quaternary nitrogens is 1. The van der Waals surface area contributed by atoms with E-state index in [9.17, 15) is 4.79 Å². The van der Waals surface area contributed by atoms with Crippen LogP contribution >= 0.6 is 0 Å². The number of aromatic nitrogens is 1. The molecule has 2 heterocycles. The smallest absolute Gasteiger partial charge is 0.256 e. The molecule has 1 amide bonds. The predicted octanol–water partition coefficient (Wildman–Crippen LogP) is 1.72. The molecule has 4 nitrogen and oxygen atoms in total. The Balaban J connectivity index is 1.44. The topological polar surface area (TPSA) is 29.7 Å². The first-order valence-electron chi connectivity index (χ1n) is 8.93. The van der Waals surface area contributed by atoms with Gasteiger partial charge in [-0.2, -0.15) is 0 Å². The van der Waals surface area contributed by atoms with Crippen molar-refractivity contribution in [2.75, 3.05) is 26.2 Å². The van der Waals surface area contributed by atoms with Gasteiger partial charge in [-0.05, 0) is 6.07 Å². The van der Waals surface area contributed by atoms with Crippen LogP contribution in [-0.2, 0) is 13.6 Å². The Labute approximate surface area is 148 Å². The van der Waals surface area contributed by atoms with Crippen LogP contribution in [0.3, 0.4) is 0 Å². The Hall–Kier alpha value is -2.59. The number of benzene rings is 2. The normalized spacial score (nSPS) is 15.6. The number of nitrogens with one attached hydrogen (secondary N) is 1. The molecule has 0 aliphatic carbocycles. The van der Waals surface area contributed by atoms with Crippen molar-refractivity contribution in [1.82, 2.24) is 9.47 Å². The lowest BCUT2D eigenvalue weighted by molar-refractivity contribution is -0.917. The number of carbonyl (C=O) groups is 1. The molecule has 0 saturated carbocycles. The number of aryl methyl sites for hydroxylation is 1. The van der Waals surface area contributed by atoms with Crippen molar-refractivity contribution in [1.29, 1.82) is 0 Å². The molecule has 1 aromatic heterocycles. The van der Waals surface area contributed by atoms with E-state index in [0.717, 1.165) is 49.2 Å². The van der Waals surface area contributed by atoms with E-state index >= 15 is 0 Å². The highest BCUT2D eigenvalue weighted by Gasteiger charge is 2.26. The third kappa shape index (κ3) is 3.17. The zero-order valence-electron chi connectivity index (χ0n) is 14.6. The summed E-state index contributed by atoms with van der Waals surface area (Å²) < 4.78 is 2.04. The Bertz CT molecular complexity index is 877. The standard InChI is InChI=1S/C21H23N3O/c1-22-16-19(18-9-5-6-10-20(18)22)21(25)24-13-11-23(12-14-24)15-17-7-3-2-4-8-17/h2-10,16H,11-15H2,1H3/p+1. The number of fused-ring (bicyclic) bond motifs is 1. The fourth-order valence-corrected chi connectivity index (χ4v) is 3.77. The molecule has 1 fully saturated rings. The lowest BCUT2D eigenvalue weighted by Crippen LogP contribution is -3.13. The van der Waals surface area contributed by atoms with Gasteiger partial charge in [-0.25, -0.2) is 0 Å². The van der Waals surface area contributed by atoms with Crippen LogP contribution in [-0.4, -0.2) is 41.6 Å². The summed E-state index contributed by atoms with van der Waals surface area (Å²) in [5, 5.41) is 1.05. The van der Waals surface area contributed by atoms with Gasteiger partial charge in [0.05, 0.1) is 31.7 Å². The second kappa shape index (κ2) is 6.73. The summed E-state index contributed by atoms with van der Waals surface area (Å²) in [4.78, 5) is 16.6. The number of para-hydroxylation sites is 1. The fourth-order valence-electron chi connectivity index (χ4n) is 3.77. The molecule has 0 spiro atoms. The molecule has 0 bridgehead atoms. The Kier molecular flexibility index (Phi) is 4.28. The largest absolute Gasteiger partial charge is 0.350 e. The van der Waals surface area contributed by atoms with Gasteiger partial charge in [0.1, 0.15) is 6.54 Å². The molecule has 1 aliphatic rings. The highest BCUT2D eigenvalue weighted by molar-refractivity contribution is 6.07. The van der Waals surface area contributed by atoms with Crippen LogP contribution in [0.5, 0.6) is 0 Å². The van der Waals surface area contributed by atoms with Crippen molar-refractivity contribution in [3.05, 3.63) is 71.9 Å². The molecule has 2 aromatic carbocycles. The van der Waals surface area contributed by atoms with Crippen molar-refractivity contribution in [3.8, 4) is 0 Å². The van der Waals surface area contributed by atoms with Crippen LogP contribution in [0.25, 0.3) is 10.9 Å². The first-order valence-corrected chi connectivity index (χ1v) is 8.93. The van der Waals surface area contributed by atoms with E-state index < -0.39 is 0 Å². The summed E-state index contributed by atoms with van der Waals surface area (Å²) in [6.07, 6.45) is 1.97. The minimum Gasteiger partial charge on any atom is -0.350 e. The third-order valence-electron chi connectivity index (χ3n) is 5.18. The predicted molar refractivity (Wildman–Crippen MR) is 99.7 cm³/mol. The quantitative estimate of drug-likeness (QED) is 0.777. The van der Waals surface area contributed by atoms with Crippen molar-refractivity contribution in [2.24, 2.45) is 7.05 Å². The van der Waals surface area contributed by atoms with Gasteiger partial charge in [-0.15, -0.1) is 0 Å². The molecule has 3 aromatic rings. The molecule has 0 radical (unpaired) electrons. The van der Waals surface area contributed by atoms with Gasteiger partial charge in [0.15, 0.2) is 0 Å². The Morgan fingerprint density at radius 2 is 1.68 bits per heavy atom. The Morgan fingerprint density at radius 1 is 1.00 bits per heavy atom. The van der Waals surface area contributed by atoms with Crippen LogP contribution in [0.1, 0.15) is 15.9 Å². The minimum absolute atomic E-state index is 0.163. The highest BCUT2D eigenvalue weighted by atomic mass is 16.2. The number of amides is 1. The molecule has 4 heteroatoms. The molecule has 4 rings (SSSR count). The van der Waals surface area contributed by atoms with E-state index in [1.165, 1.54) is 5.56 Å². The molecular weight excluding hydrogens is 310 g/mol. The van der Waals surface area contributed by atoms with Crippen molar-refractivity contribution < 1.29 is 9.69 Å². The average molecular weight is 334 g/mol. The summed E-state index contributed by atoms with van der Waals surface area (Å²) in [6.45, 7) is 4.70. The summed E-state index contributed by atoms with van der Waals surface area (Å²) in [6, 6.07) is 18.7. The summed E-state index contributed by atoms with van der Waals surface area (Å²) in [7, 11) is 2.00. The summed E-state index contributed by atoms with van der Waals surface area (Å²) in [5.74, 6) is 0.163. The number of carbonyl (C=O) groups excluding carboxylic acids is 1. The maximum absolute atomic E-state index is 13.0. The molecule has 1 N–H and O–H groups in total.